The molecule has 1 aliphatic heterocycles. The van der Waals surface area contributed by atoms with E-state index in [1.54, 1.807) is 5.57 Å². The van der Waals surface area contributed by atoms with Crippen LogP contribution in [0.5, 0.6) is 0 Å². The Morgan fingerprint density at radius 1 is 1.20 bits per heavy atom. The minimum Gasteiger partial charge on any atom is -0.376 e. The van der Waals surface area contributed by atoms with Gasteiger partial charge in [0, 0.05) is 5.33 Å². The van der Waals surface area contributed by atoms with Crippen LogP contribution in [0, 0.1) is 0 Å². The van der Waals surface area contributed by atoms with Gasteiger partial charge in [0.1, 0.15) is 0 Å². The molecule has 0 aliphatic carbocycles. The molecule has 2 rings (SSSR count). The van der Waals surface area contributed by atoms with Crippen molar-refractivity contribution in [2.24, 2.45) is 0 Å². The van der Waals surface area contributed by atoms with Gasteiger partial charge in [0.25, 0.3) is 0 Å². The summed E-state index contributed by atoms with van der Waals surface area (Å²) in [4.78, 5) is 0. The van der Waals surface area contributed by atoms with Crippen LogP contribution in [0.3, 0.4) is 0 Å². The summed E-state index contributed by atoms with van der Waals surface area (Å²) in [6, 6.07) is 10.6. The van der Waals surface area contributed by atoms with Crippen molar-refractivity contribution in [3.8, 4) is 0 Å². The highest BCUT2D eigenvalue weighted by Gasteiger charge is 2.13. The van der Waals surface area contributed by atoms with Crippen LogP contribution >= 0.6 is 15.9 Å². The van der Waals surface area contributed by atoms with Gasteiger partial charge in [-0.1, -0.05) is 51.8 Å². The van der Waals surface area contributed by atoms with Gasteiger partial charge in [-0.15, -0.1) is 0 Å². The Balaban J connectivity index is 2.30. The average molecular weight is 267 g/mol. The first-order valence-electron chi connectivity index (χ1n) is 5.32. The molecule has 2 heteroatoms. The van der Waals surface area contributed by atoms with E-state index < -0.39 is 0 Å². The van der Waals surface area contributed by atoms with Crippen molar-refractivity contribution in [2.75, 3.05) is 18.5 Å². The lowest BCUT2D eigenvalue weighted by Crippen LogP contribution is -2.10. The molecule has 0 fully saturated rings. The summed E-state index contributed by atoms with van der Waals surface area (Å²) >= 11 is 3.51. The zero-order valence-corrected chi connectivity index (χ0v) is 10.3. The molecule has 1 aromatic rings. The van der Waals surface area contributed by atoms with E-state index in [0.29, 0.717) is 0 Å². The van der Waals surface area contributed by atoms with Crippen molar-refractivity contribution in [3.05, 3.63) is 41.5 Å². The summed E-state index contributed by atoms with van der Waals surface area (Å²) in [5.41, 5.74) is 4.25. The molecule has 1 heterocycles. The molecule has 0 unspecified atom stereocenters. The number of benzene rings is 1. The third-order valence-corrected chi connectivity index (χ3v) is 3.14. The highest BCUT2D eigenvalue weighted by atomic mass is 79.9. The summed E-state index contributed by atoms with van der Waals surface area (Å²) in [6.07, 6.45) is 2.21. The predicted octanol–water partition coefficient (Wildman–Crippen LogP) is 3.65. The van der Waals surface area contributed by atoms with Gasteiger partial charge < -0.3 is 4.74 Å². The standard InChI is InChI=1S/C13H15BrO/c14-8-6-12-7-9-15-10-13(12)11-4-2-1-3-5-11/h1-5H,6-10H2. The van der Waals surface area contributed by atoms with Crippen LogP contribution in [0.1, 0.15) is 18.4 Å². The topological polar surface area (TPSA) is 9.23 Å². The molecule has 0 N–H and O–H groups in total. The molecule has 0 spiro atoms. The van der Waals surface area contributed by atoms with E-state index in [2.05, 4.69) is 46.3 Å². The number of rotatable bonds is 3. The lowest BCUT2D eigenvalue weighted by molar-refractivity contribution is 0.160. The van der Waals surface area contributed by atoms with Crippen LogP contribution < -0.4 is 0 Å². The van der Waals surface area contributed by atoms with Gasteiger partial charge in [-0.2, -0.15) is 0 Å². The van der Waals surface area contributed by atoms with E-state index in [0.717, 1.165) is 31.4 Å². The first-order valence-corrected chi connectivity index (χ1v) is 6.44. The monoisotopic (exact) mass is 266 g/mol. The molecule has 0 radical (unpaired) electrons. The van der Waals surface area contributed by atoms with E-state index >= 15 is 0 Å². The Kier molecular flexibility index (Phi) is 3.98. The highest BCUT2D eigenvalue weighted by molar-refractivity contribution is 9.09. The van der Waals surface area contributed by atoms with Crippen LogP contribution in [0.15, 0.2) is 35.9 Å². The molecule has 0 aromatic heterocycles. The Bertz CT molecular complexity index is 343. The molecule has 15 heavy (non-hydrogen) atoms. The van der Waals surface area contributed by atoms with Gasteiger partial charge in [-0.3, -0.25) is 0 Å². The van der Waals surface area contributed by atoms with Gasteiger partial charge in [0.15, 0.2) is 0 Å². The molecule has 0 amide bonds. The highest BCUT2D eigenvalue weighted by Crippen LogP contribution is 2.27. The fraction of sp³-hybridized carbons (Fsp3) is 0.385. The lowest BCUT2D eigenvalue weighted by Gasteiger charge is -2.20. The molecule has 0 saturated carbocycles. The summed E-state index contributed by atoms with van der Waals surface area (Å²) in [5.74, 6) is 0. The van der Waals surface area contributed by atoms with Gasteiger partial charge in [0.05, 0.1) is 13.2 Å². The Hall–Kier alpha value is -0.600. The van der Waals surface area contributed by atoms with Crippen LogP contribution in [0.25, 0.3) is 5.57 Å². The van der Waals surface area contributed by atoms with Crippen molar-refractivity contribution in [1.82, 2.24) is 0 Å². The maximum atomic E-state index is 5.54. The molecular weight excluding hydrogens is 252 g/mol. The molecule has 80 valence electrons. The zero-order valence-electron chi connectivity index (χ0n) is 8.71. The molecule has 1 aliphatic rings. The molecule has 0 saturated heterocycles. The van der Waals surface area contributed by atoms with Gasteiger partial charge in [-0.25, -0.2) is 0 Å². The number of alkyl halides is 1. The molecule has 1 nitrogen and oxygen atoms in total. The van der Waals surface area contributed by atoms with Gasteiger partial charge in [-0.05, 0) is 24.0 Å². The molecular formula is C13H15BrO. The normalized spacial score (nSPS) is 16.9. The lowest BCUT2D eigenvalue weighted by atomic mass is 9.95. The number of hydrogen-bond donors (Lipinski definition) is 0. The summed E-state index contributed by atoms with van der Waals surface area (Å²) in [7, 11) is 0. The van der Waals surface area contributed by atoms with Crippen molar-refractivity contribution in [3.63, 3.8) is 0 Å². The minimum atomic E-state index is 0.770. The third-order valence-electron chi connectivity index (χ3n) is 2.74. The first kappa shape index (κ1) is 10.9. The Morgan fingerprint density at radius 3 is 2.73 bits per heavy atom. The summed E-state index contributed by atoms with van der Waals surface area (Å²) < 4.78 is 5.54. The van der Waals surface area contributed by atoms with Gasteiger partial charge >= 0.3 is 0 Å². The molecule has 1 aromatic carbocycles. The minimum absolute atomic E-state index is 0.770. The van der Waals surface area contributed by atoms with E-state index in [1.165, 1.54) is 11.1 Å². The van der Waals surface area contributed by atoms with Crippen molar-refractivity contribution in [2.45, 2.75) is 12.8 Å². The smallest absolute Gasteiger partial charge is 0.0722 e. The second kappa shape index (κ2) is 5.47. The van der Waals surface area contributed by atoms with Crippen molar-refractivity contribution < 1.29 is 4.74 Å². The Morgan fingerprint density at radius 2 is 2.00 bits per heavy atom. The van der Waals surface area contributed by atoms with Crippen LogP contribution in [0.2, 0.25) is 0 Å². The SMILES string of the molecule is BrCCC1=C(c2ccccc2)COCC1. The van der Waals surface area contributed by atoms with Crippen LogP contribution in [-0.2, 0) is 4.74 Å². The fourth-order valence-corrected chi connectivity index (χ4v) is 2.42. The summed E-state index contributed by atoms with van der Waals surface area (Å²) in [5, 5.41) is 1.04. The average Bonchev–Trinajstić information content (AvgIpc) is 2.31. The third kappa shape index (κ3) is 2.70. The maximum Gasteiger partial charge on any atom is 0.0722 e. The van der Waals surface area contributed by atoms with Crippen LogP contribution in [-0.4, -0.2) is 18.5 Å². The quantitative estimate of drug-likeness (QED) is 0.760. The van der Waals surface area contributed by atoms with E-state index in [9.17, 15) is 0 Å². The fourth-order valence-electron chi connectivity index (χ4n) is 1.94. The van der Waals surface area contributed by atoms with Crippen molar-refractivity contribution >= 4 is 21.5 Å². The van der Waals surface area contributed by atoms with Crippen molar-refractivity contribution in [1.29, 1.82) is 0 Å². The van der Waals surface area contributed by atoms with E-state index in [4.69, 9.17) is 4.74 Å². The predicted molar refractivity (Wildman–Crippen MR) is 67.2 cm³/mol. The second-order valence-electron chi connectivity index (χ2n) is 3.69. The molecule has 0 atom stereocenters. The maximum absolute atomic E-state index is 5.54. The second-order valence-corrected chi connectivity index (χ2v) is 4.48. The number of hydrogen-bond acceptors (Lipinski definition) is 1. The largest absolute Gasteiger partial charge is 0.376 e. The number of ether oxygens (including phenoxy) is 1. The van der Waals surface area contributed by atoms with Crippen LogP contribution in [0.4, 0.5) is 0 Å². The van der Waals surface area contributed by atoms with Gasteiger partial charge in [0.2, 0.25) is 0 Å². The molecule has 0 bridgehead atoms. The zero-order chi connectivity index (χ0) is 10.5. The van der Waals surface area contributed by atoms with E-state index in [1.807, 2.05) is 0 Å². The first-order chi connectivity index (χ1) is 7.42. The Labute approximate surface area is 99.3 Å². The summed E-state index contributed by atoms with van der Waals surface area (Å²) in [6.45, 7) is 1.64. The van der Waals surface area contributed by atoms with E-state index in [-0.39, 0.29) is 0 Å². The number of halogens is 1.